The maximum Gasteiger partial charge on any atom is 0.258 e. The van der Waals surface area contributed by atoms with Gasteiger partial charge in [-0.15, -0.1) is 0 Å². The Bertz CT molecular complexity index is 690. The van der Waals surface area contributed by atoms with E-state index in [0.717, 1.165) is 18.2 Å². The second-order valence-electron chi connectivity index (χ2n) is 3.80. The largest absolute Gasteiger partial charge is 0.319 e. The van der Waals surface area contributed by atoms with E-state index >= 15 is 0 Å². The molecule has 0 fully saturated rings. The van der Waals surface area contributed by atoms with Crippen LogP contribution < -0.4 is 5.32 Å². The molecule has 0 spiro atoms. The van der Waals surface area contributed by atoms with Crippen molar-refractivity contribution in [2.45, 2.75) is 0 Å². The zero-order valence-electron chi connectivity index (χ0n) is 9.68. The van der Waals surface area contributed by atoms with E-state index in [9.17, 15) is 22.4 Å². The first-order valence-corrected chi connectivity index (χ1v) is 5.68. The lowest BCUT2D eigenvalue weighted by atomic mass is 10.2. The van der Waals surface area contributed by atoms with Crippen molar-refractivity contribution >= 4 is 23.2 Å². The Hall–Kier alpha value is -2.08. The van der Waals surface area contributed by atoms with Crippen LogP contribution in [0.2, 0.25) is 5.02 Å². The summed E-state index contributed by atoms with van der Waals surface area (Å²) in [5.74, 6) is -6.60. The highest BCUT2D eigenvalue weighted by Gasteiger charge is 2.18. The van der Waals surface area contributed by atoms with Crippen LogP contribution in [0.5, 0.6) is 0 Å². The van der Waals surface area contributed by atoms with Crippen LogP contribution in [-0.2, 0) is 0 Å². The molecule has 0 atom stereocenters. The zero-order chi connectivity index (χ0) is 14.9. The molecule has 2 aromatic carbocycles. The number of nitrogens with one attached hydrogen (secondary N) is 1. The van der Waals surface area contributed by atoms with Crippen molar-refractivity contribution in [3.05, 3.63) is 64.2 Å². The molecule has 1 amide bonds. The number of amides is 1. The van der Waals surface area contributed by atoms with Gasteiger partial charge in [0.15, 0.2) is 17.5 Å². The molecule has 104 valence electrons. The van der Waals surface area contributed by atoms with Crippen LogP contribution in [0.25, 0.3) is 0 Å². The van der Waals surface area contributed by atoms with E-state index in [2.05, 4.69) is 0 Å². The monoisotopic (exact) mass is 303 g/mol. The number of benzene rings is 2. The molecular weight excluding hydrogens is 298 g/mol. The second-order valence-corrected chi connectivity index (χ2v) is 4.24. The molecular formula is C13H6ClF4NO. The van der Waals surface area contributed by atoms with Gasteiger partial charge in [-0.25, -0.2) is 17.6 Å². The highest BCUT2D eigenvalue weighted by molar-refractivity contribution is 6.31. The second kappa shape index (κ2) is 5.50. The lowest BCUT2D eigenvalue weighted by molar-refractivity contribution is 0.102. The lowest BCUT2D eigenvalue weighted by Crippen LogP contribution is -2.15. The summed E-state index contributed by atoms with van der Waals surface area (Å²) in [4.78, 5) is 11.7. The van der Waals surface area contributed by atoms with Crippen molar-refractivity contribution in [2.75, 3.05) is 5.32 Å². The number of carbonyl (C=O) groups excluding carboxylic acids is 1. The summed E-state index contributed by atoms with van der Waals surface area (Å²) in [6.07, 6.45) is 0. The van der Waals surface area contributed by atoms with E-state index in [1.165, 1.54) is 6.07 Å². The Labute approximate surface area is 116 Å². The van der Waals surface area contributed by atoms with Gasteiger partial charge in [-0.3, -0.25) is 4.79 Å². The van der Waals surface area contributed by atoms with Crippen LogP contribution in [0.4, 0.5) is 23.2 Å². The van der Waals surface area contributed by atoms with Gasteiger partial charge in [0, 0.05) is 5.02 Å². The fourth-order valence-corrected chi connectivity index (χ4v) is 1.66. The summed E-state index contributed by atoms with van der Waals surface area (Å²) in [5.41, 5.74) is -1.05. The summed E-state index contributed by atoms with van der Waals surface area (Å²) in [7, 11) is 0. The SMILES string of the molecule is O=C(Nc1ccc(F)c(F)c1F)c1cc(Cl)ccc1F. The molecule has 0 aromatic heterocycles. The highest BCUT2D eigenvalue weighted by Crippen LogP contribution is 2.21. The Balaban J connectivity index is 2.33. The molecule has 0 radical (unpaired) electrons. The topological polar surface area (TPSA) is 29.1 Å². The third-order valence-corrected chi connectivity index (χ3v) is 2.69. The minimum absolute atomic E-state index is 0.0994. The molecule has 1 N–H and O–H groups in total. The molecule has 7 heteroatoms. The number of halogens is 5. The lowest BCUT2D eigenvalue weighted by Gasteiger charge is -2.08. The molecule has 0 bridgehead atoms. The predicted molar refractivity (Wildman–Crippen MR) is 65.7 cm³/mol. The average Bonchev–Trinajstić information content (AvgIpc) is 2.42. The average molecular weight is 304 g/mol. The van der Waals surface area contributed by atoms with Crippen LogP contribution in [0.1, 0.15) is 10.4 Å². The minimum Gasteiger partial charge on any atom is -0.319 e. The Morgan fingerprint density at radius 2 is 1.60 bits per heavy atom. The van der Waals surface area contributed by atoms with Gasteiger partial charge in [-0.2, -0.15) is 0 Å². The van der Waals surface area contributed by atoms with Crippen LogP contribution in [-0.4, -0.2) is 5.91 Å². The van der Waals surface area contributed by atoms with Crippen molar-refractivity contribution in [3.63, 3.8) is 0 Å². The van der Waals surface area contributed by atoms with Gasteiger partial charge in [0.25, 0.3) is 5.91 Å². The first-order valence-electron chi connectivity index (χ1n) is 5.30. The predicted octanol–water partition coefficient (Wildman–Crippen LogP) is 4.15. The molecule has 0 heterocycles. The summed E-state index contributed by atoms with van der Waals surface area (Å²) in [6, 6.07) is 4.69. The molecule has 0 aliphatic heterocycles. The first-order chi connectivity index (χ1) is 9.40. The van der Waals surface area contributed by atoms with Gasteiger partial charge >= 0.3 is 0 Å². The van der Waals surface area contributed by atoms with Crippen molar-refractivity contribution < 1.29 is 22.4 Å². The van der Waals surface area contributed by atoms with E-state index in [1.807, 2.05) is 5.32 Å². The Kier molecular flexibility index (Phi) is 3.94. The standard InChI is InChI=1S/C13H6ClF4NO/c14-6-1-2-8(15)7(5-6)13(20)19-10-4-3-9(16)11(17)12(10)18/h1-5H,(H,19,20). The van der Waals surface area contributed by atoms with Crippen molar-refractivity contribution in [2.24, 2.45) is 0 Å². The molecule has 0 aliphatic rings. The maximum absolute atomic E-state index is 13.4. The molecule has 2 aromatic rings. The Morgan fingerprint density at radius 1 is 0.950 bits per heavy atom. The number of hydrogen-bond donors (Lipinski definition) is 1. The van der Waals surface area contributed by atoms with E-state index < -0.39 is 40.4 Å². The molecule has 20 heavy (non-hydrogen) atoms. The van der Waals surface area contributed by atoms with E-state index in [0.29, 0.717) is 6.07 Å². The summed E-state index contributed by atoms with van der Waals surface area (Å²) in [5, 5.41) is 2.04. The van der Waals surface area contributed by atoms with E-state index in [-0.39, 0.29) is 5.02 Å². The summed E-state index contributed by atoms with van der Waals surface area (Å²) in [6.45, 7) is 0. The van der Waals surface area contributed by atoms with Crippen LogP contribution in [0, 0.1) is 23.3 Å². The Morgan fingerprint density at radius 3 is 2.30 bits per heavy atom. The molecule has 0 unspecified atom stereocenters. The first kappa shape index (κ1) is 14.3. The fraction of sp³-hybridized carbons (Fsp3) is 0. The maximum atomic E-state index is 13.4. The minimum atomic E-state index is -1.73. The van der Waals surface area contributed by atoms with Gasteiger partial charge in [0.1, 0.15) is 5.82 Å². The van der Waals surface area contributed by atoms with Crippen LogP contribution in [0.3, 0.4) is 0 Å². The number of hydrogen-bond acceptors (Lipinski definition) is 1. The molecule has 2 nitrogen and oxygen atoms in total. The third-order valence-electron chi connectivity index (χ3n) is 2.46. The van der Waals surface area contributed by atoms with Crippen LogP contribution >= 0.6 is 11.6 Å². The van der Waals surface area contributed by atoms with E-state index in [4.69, 9.17) is 11.6 Å². The van der Waals surface area contributed by atoms with Crippen molar-refractivity contribution in [3.8, 4) is 0 Å². The zero-order valence-corrected chi connectivity index (χ0v) is 10.4. The smallest absolute Gasteiger partial charge is 0.258 e. The van der Waals surface area contributed by atoms with Crippen molar-refractivity contribution in [1.82, 2.24) is 0 Å². The molecule has 0 saturated carbocycles. The normalized spacial score (nSPS) is 10.4. The molecule has 0 saturated heterocycles. The molecule has 2 rings (SSSR count). The number of anilines is 1. The highest BCUT2D eigenvalue weighted by atomic mass is 35.5. The summed E-state index contributed by atoms with van der Waals surface area (Å²) < 4.78 is 52.5. The van der Waals surface area contributed by atoms with Crippen molar-refractivity contribution in [1.29, 1.82) is 0 Å². The van der Waals surface area contributed by atoms with Gasteiger partial charge in [-0.1, -0.05) is 11.6 Å². The van der Waals surface area contributed by atoms with E-state index in [1.54, 1.807) is 0 Å². The van der Waals surface area contributed by atoms with Gasteiger partial charge < -0.3 is 5.32 Å². The number of rotatable bonds is 2. The number of carbonyl (C=O) groups is 1. The molecule has 0 aliphatic carbocycles. The van der Waals surface area contributed by atoms with Gasteiger partial charge in [0.05, 0.1) is 11.3 Å². The quantitative estimate of drug-likeness (QED) is 0.655. The van der Waals surface area contributed by atoms with Crippen LogP contribution in [0.15, 0.2) is 30.3 Å². The fourth-order valence-electron chi connectivity index (χ4n) is 1.48. The van der Waals surface area contributed by atoms with Gasteiger partial charge in [0.2, 0.25) is 0 Å². The summed E-state index contributed by atoms with van der Waals surface area (Å²) >= 11 is 5.61. The third kappa shape index (κ3) is 2.75. The van der Waals surface area contributed by atoms with Gasteiger partial charge in [-0.05, 0) is 30.3 Å².